The first-order valence-corrected chi connectivity index (χ1v) is 8.60. The summed E-state index contributed by atoms with van der Waals surface area (Å²) in [7, 11) is 5.69. The number of rotatable bonds is 8. The van der Waals surface area contributed by atoms with Crippen LogP contribution in [0.2, 0.25) is 0 Å². The summed E-state index contributed by atoms with van der Waals surface area (Å²) in [5.74, 6) is 1.17. The van der Waals surface area contributed by atoms with Crippen molar-refractivity contribution in [3.8, 4) is 5.75 Å². The molecule has 2 aromatic rings. The van der Waals surface area contributed by atoms with Gasteiger partial charge in [0.15, 0.2) is 0 Å². The van der Waals surface area contributed by atoms with Crippen LogP contribution in [-0.4, -0.2) is 50.1 Å². The molecule has 1 aromatic carbocycles. The van der Waals surface area contributed by atoms with Crippen LogP contribution in [0, 0.1) is 5.41 Å². The Morgan fingerprint density at radius 1 is 1.19 bits per heavy atom. The minimum absolute atomic E-state index is 0.0229. The lowest BCUT2D eigenvalue weighted by atomic mass is 9.93. The molecule has 0 aliphatic heterocycles. The number of carbonyl (C=O) groups is 1. The van der Waals surface area contributed by atoms with Gasteiger partial charge in [0.2, 0.25) is 0 Å². The van der Waals surface area contributed by atoms with Crippen LogP contribution in [0.3, 0.4) is 0 Å². The molecule has 0 saturated heterocycles. The van der Waals surface area contributed by atoms with E-state index in [0.29, 0.717) is 17.9 Å². The minimum Gasteiger partial charge on any atom is -0.497 e. The maximum atomic E-state index is 12.7. The highest BCUT2D eigenvalue weighted by Gasteiger charge is 2.21. The van der Waals surface area contributed by atoms with Crippen LogP contribution in [-0.2, 0) is 0 Å². The standard InChI is InChI=1S/C20H28N4O2/c1-20(2,14-24(3)4)13-22-19(25)17-7-6-12-21-18(17)23-15-8-10-16(26-5)11-9-15/h6-12H,13-14H2,1-5H3,(H,21,23)(H,22,25). The van der Waals surface area contributed by atoms with E-state index < -0.39 is 0 Å². The quantitative estimate of drug-likeness (QED) is 0.761. The lowest BCUT2D eigenvalue weighted by molar-refractivity contribution is 0.0930. The van der Waals surface area contributed by atoms with Gasteiger partial charge in [-0.15, -0.1) is 0 Å². The maximum absolute atomic E-state index is 12.7. The topological polar surface area (TPSA) is 66.5 Å². The highest BCUT2D eigenvalue weighted by molar-refractivity contribution is 5.99. The second kappa shape index (κ2) is 8.67. The number of nitrogens with zero attached hydrogens (tertiary/aromatic N) is 2. The first kappa shape index (κ1) is 19.7. The van der Waals surface area contributed by atoms with Gasteiger partial charge < -0.3 is 20.3 Å². The van der Waals surface area contributed by atoms with Crippen molar-refractivity contribution in [2.24, 2.45) is 5.41 Å². The molecule has 0 fully saturated rings. The summed E-state index contributed by atoms with van der Waals surface area (Å²) >= 11 is 0. The van der Waals surface area contributed by atoms with Crippen LogP contribution in [0.1, 0.15) is 24.2 Å². The van der Waals surface area contributed by atoms with Crippen molar-refractivity contribution < 1.29 is 9.53 Å². The Hall–Kier alpha value is -2.60. The second-order valence-electron chi connectivity index (χ2n) is 7.34. The average molecular weight is 356 g/mol. The van der Waals surface area contributed by atoms with Crippen molar-refractivity contribution >= 4 is 17.4 Å². The van der Waals surface area contributed by atoms with Gasteiger partial charge in [0.1, 0.15) is 11.6 Å². The Bertz CT molecular complexity index is 727. The first-order chi connectivity index (χ1) is 12.3. The zero-order valence-corrected chi connectivity index (χ0v) is 16.2. The molecule has 26 heavy (non-hydrogen) atoms. The number of methoxy groups -OCH3 is 1. The molecule has 1 aromatic heterocycles. The molecule has 6 nitrogen and oxygen atoms in total. The summed E-state index contributed by atoms with van der Waals surface area (Å²) in [6.07, 6.45) is 1.67. The van der Waals surface area contributed by atoms with Crippen molar-refractivity contribution in [1.82, 2.24) is 15.2 Å². The van der Waals surface area contributed by atoms with E-state index in [2.05, 4.69) is 34.4 Å². The number of benzene rings is 1. The van der Waals surface area contributed by atoms with Gasteiger partial charge in [0.25, 0.3) is 5.91 Å². The molecular weight excluding hydrogens is 328 g/mol. The third kappa shape index (κ3) is 5.74. The summed E-state index contributed by atoms with van der Waals surface area (Å²) in [6.45, 7) is 5.73. The molecule has 0 saturated carbocycles. The third-order valence-electron chi connectivity index (χ3n) is 3.88. The van der Waals surface area contributed by atoms with Crippen molar-refractivity contribution in [2.45, 2.75) is 13.8 Å². The van der Waals surface area contributed by atoms with Gasteiger partial charge >= 0.3 is 0 Å². The van der Waals surface area contributed by atoms with Gasteiger partial charge in [0, 0.05) is 25.0 Å². The van der Waals surface area contributed by atoms with Crippen LogP contribution in [0.15, 0.2) is 42.6 Å². The van der Waals surface area contributed by atoms with Gasteiger partial charge in [-0.3, -0.25) is 4.79 Å². The number of pyridine rings is 1. The number of ether oxygens (including phenoxy) is 1. The minimum atomic E-state index is -0.138. The molecule has 0 aliphatic rings. The fourth-order valence-electron chi connectivity index (χ4n) is 2.83. The fraction of sp³-hybridized carbons (Fsp3) is 0.400. The lowest BCUT2D eigenvalue weighted by Gasteiger charge is -2.28. The summed E-state index contributed by atoms with van der Waals surface area (Å²) in [5.41, 5.74) is 1.33. The Morgan fingerprint density at radius 2 is 1.88 bits per heavy atom. The molecule has 2 N–H and O–H groups in total. The van der Waals surface area contributed by atoms with Crippen molar-refractivity contribution in [3.63, 3.8) is 0 Å². The monoisotopic (exact) mass is 356 g/mol. The number of hydrogen-bond donors (Lipinski definition) is 2. The van der Waals surface area contributed by atoms with E-state index in [1.165, 1.54) is 0 Å². The molecule has 140 valence electrons. The summed E-state index contributed by atoms with van der Waals surface area (Å²) in [6, 6.07) is 11.0. The molecule has 0 bridgehead atoms. The molecule has 0 aliphatic carbocycles. The largest absolute Gasteiger partial charge is 0.497 e. The van der Waals surface area contributed by atoms with Gasteiger partial charge in [0.05, 0.1) is 12.7 Å². The summed E-state index contributed by atoms with van der Waals surface area (Å²) in [5, 5.41) is 6.22. The van der Waals surface area contributed by atoms with Crippen LogP contribution in [0.25, 0.3) is 0 Å². The van der Waals surface area contributed by atoms with E-state index in [1.807, 2.05) is 38.4 Å². The molecule has 0 spiro atoms. The molecule has 0 radical (unpaired) electrons. The number of carbonyl (C=O) groups excluding carboxylic acids is 1. The van der Waals surface area contributed by atoms with Crippen LogP contribution < -0.4 is 15.4 Å². The Labute approximate surface area is 155 Å². The molecule has 0 atom stereocenters. The van der Waals surface area contributed by atoms with E-state index in [0.717, 1.165) is 18.0 Å². The summed E-state index contributed by atoms with van der Waals surface area (Å²) in [4.78, 5) is 19.1. The highest BCUT2D eigenvalue weighted by Crippen LogP contribution is 2.21. The second-order valence-corrected chi connectivity index (χ2v) is 7.34. The van der Waals surface area contributed by atoms with E-state index in [4.69, 9.17) is 4.74 Å². The van der Waals surface area contributed by atoms with E-state index in [-0.39, 0.29) is 11.3 Å². The summed E-state index contributed by atoms with van der Waals surface area (Å²) < 4.78 is 5.16. The van der Waals surface area contributed by atoms with Crippen LogP contribution in [0.4, 0.5) is 11.5 Å². The third-order valence-corrected chi connectivity index (χ3v) is 3.88. The van der Waals surface area contributed by atoms with E-state index >= 15 is 0 Å². The first-order valence-electron chi connectivity index (χ1n) is 8.60. The zero-order chi connectivity index (χ0) is 19.2. The maximum Gasteiger partial charge on any atom is 0.255 e. The Morgan fingerprint density at radius 3 is 2.50 bits per heavy atom. The van der Waals surface area contributed by atoms with E-state index in [1.54, 1.807) is 25.4 Å². The normalized spacial score (nSPS) is 11.3. The predicted octanol–water partition coefficient (Wildman–Crippen LogP) is 3.15. The van der Waals surface area contributed by atoms with Crippen LogP contribution >= 0.6 is 0 Å². The van der Waals surface area contributed by atoms with Crippen molar-refractivity contribution in [2.75, 3.05) is 39.6 Å². The highest BCUT2D eigenvalue weighted by atomic mass is 16.5. The number of amides is 1. The van der Waals surface area contributed by atoms with E-state index in [9.17, 15) is 4.79 Å². The Kier molecular flexibility index (Phi) is 6.58. The van der Waals surface area contributed by atoms with Gasteiger partial charge in [-0.1, -0.05) is 13.8 Å². The smallest absolute Gasteiger partial charge is 0.255 e. The van der Waals surface area contributed by atoms with Gasteiger partial charge in [-0.05, 0) is 55.9 Å². The predicted molar refractivity (Wildman–Crippen MR) is 105 cm³/mol. The lowest BCUT2D eigenvalue weighted by Crippen LogP contribution is -2.40. The average Bonchev–Trinajstić information content (AvgIpc) is 2.60. The van der Waals surface area contributed by atoms with Gasteiger partial charge in [-0.2, -0.15) is 0 Å². The molecular formula is C20H28N4O2. The number of anilines is 2. The zero-order valence-electron chi connectivity index (χ0n) is 16.2. The number of aromatic nitrogens is 1. The molecule has 1 heterocycles. The molecule has 1 amide bonds. The van der Waals surface area contributed by atoms with Gasteiger partial charge in [-0.25, -0.2) is 4.98 Å². The molecule has 0 unspecified atom stereocenters. The molecule has 2 rings (SSSR count). The fourth-order valence-corrected chi connectivity index (χ4v) is 2.83. The Balaban J connectivity index is 2.08. The van der Waals surface area contributed by atoms with Crippen LogP contribution in [0.5, 0.6) is 5.75 Å². The number of nitrogens with one attached hydrogen (secondary N) is 2. The SMILES string of the molecule is COc1ccc(Nc2ncccc2C(=O)NCC(C)(C)CN(C)C)cc1. The number of hydrogen-bond acceptors (Lipinski definition) is 5. The van der Waals surface area contributed by atoms with Crippen molar-refractivity contribution in [1.29, 1.82) is 0 Å². The van der Waals surface area contributed by atoms with Crippen molar-refractivity contribution in [3.05, 3.63) is 48.2 Å². The molecule has 6 heteroatoms.